The summed E-state index contributed by atoms with van der Waals surface area (Å²) >= 11 is 3.10. The average molecular weight is 611 g/mol. The molecule has 3 N–H and O–H groups in total. The largest absolute Gasteiger partial charge is 0.480 e. The Labute approximate surface area is 257 Å². The highest BCUT2D eigenvalue weighted by Gasteiger charge is 2.25. The van der Waals surface area contributed by atoms with Gasteiger partial charge in [0, 0.05) is 37.3 Å². The van der Waals surface area contributed by atoms with Crippen molar-refractivity contribution in [3.8, 4) is 0 Å². The quantitative estimate of drug-likeness (QED) is 0.188. The Morgan fingerprint density at radius 2 is 1.74 bits per heavy atom. The summed E-state index contributed by atoms with van der Waals surface area (Å²) in [5.41, 5.74) is 2.19. The Balaban J connectivity index is 1.75. The molecule has 1 heterocycles. The lowest BCUT2D eigenvalue weighted by atomic mass is 9.97. The van der Waals surface area contributed by atoms with Crippen LogP contribution < -0.4 is 10.6 Å². The molecule has 2 amide bonds. The van der Waals surface area contributed by atoms with Gasteiger partial charge in [-0.3, -0.25) is 19.5 Å². The Morgan fingerprint density at radius 3 is 2.45 bits per heavy atom. The number of carbonyl (C=O) groups excluding carboxylic acids is 2. The first-order chi connectivity index (χ1) is 20.3. The summed E-state index contributed by atoms with van der Waals surface area (Å²) in [6.45, 7) is 5.15. The lowest BCUT2D eigenvalue weighted by molar-refractivity contribution is -0.142. The number of benzene rings is 2. The maximum absolute atomic E-state index is 13.2. The zero-order valence-corrected chi connectivity index (χ0v) is 26.3. The van der Waals surface area contributed by atoms with E-state index in [1.807, 2.05) is 41.5 Å². The number of pyridine rings is 1. The number of fused-ring (bicyclic) bond motifs is 1. The van der Waals surface area contributed by atoms with Crippen molar-refractivity contribution in [1.29, 1.82) is 0 Å². The van der Waals surface area contributed by atoms with Crippen LogP contribution in [0.2, 0.25) is 0 Å². The third-order valence-electron chi connectivity index (χ3n) is 7.27. The predicted molar refractivity (Wildman–Crippen MR) is 174 cm³/mol. The molecular weight excluding hydrogens is 569 g/mol. The van der Waals surface area contributed by atoms with E-state index in [0.29, 0.717) is 31.0 Å². The highest BCUT2D eigenvalue weighted by molar-refractivity contribution is 7.99. The van der Waals surface area contributed by atoms with Crippen molar-refractivity contribution < 1.29 is 19.5 Å². The zero-order chi connectivity index (χ0) is 30.3. The number of nitrogens with one attached hydrogen (secondary N) is 2. The molecule has 0 saturated carbocycles. The highest BCUT2D eigenvalue weighted by Crippen LogP contribution is 2.21. The van der Waals surface area contributed by atoms with E-state index >= 15 is 0 Å². The average Bonchev–Trinajstić information content (AvgIpc) is 2.99. The van der Waals surface area contributed by atoms with Crippen LogP contribution in [0.25, 0.3) is 10.8 Å². The molecule has 0 spiro atoms. The number of nitrogens with zero attached hydrogens (tertiary/aromatic N) is 2. The van der Waals surface area contributed by atoms with E-state index in [4.69, 9.17) is 0 Å². The first-order valence-corrected chi connectivity index (χ1v) is 16.8. The molecule has 0 radical (unpaired) electrons. The molecule has 0 aliphatic carbocycles. The fourth-order valence-electron chi connectivity index (χ4n) is 4.71. The second-order valence-corrected chi connectivity index (χ2v) is 12.4. The van der Waals surface area contributed by atoms with E-state index in [1.54, 1.807) is 35.9 Å². The number of carboxylic acids is 1. The number of aliphatic carboxylic acids is 1. The minimum atomic E-state index is -1.04. The third kappa shape index (κ3) is 11.0. The van der Waals surface area contributed by atoms with Gasteiger partial charge in [0.05, 0.1) is 12.3 Å². The van der Waals surface area contributed by atoms with Crippen molar-refractivity contribution in [2.75, 3.05) is 30.9 Å². The molecule has 3 rings (SSSR count). The maximum Gasteiger partial charge on any atom is 0.326 e. The maximum atomic E-state index is 13.2. The lowest BCUT2D eigenvalue weighted by Crippen LogP contribution is -2.51. The van der Waals surface area contributed by atoms with Crippen LogP contribution in [-0.2, 0) is 26.7 Å². The van der Waals surface area contributed by atoms with Crippen molar-refractivity contribution in [3.05, 3.63) is 78.1 Å². The first-order valence-electron chi connectivity index (χ1n) is 14.3. The highest BCUT2D eigenvalue weighted by atomic mass is 32.2. The monoisotopic (exact) mass is 610 g/mol. The lowest BCUT2D eigenvalue weighted by Gasteiger charge is -2.31. The summed E-state index contributed by atoms with van der Waals surface area (Å²) in [7, 11) is 0. The molecule has 1 aromatic heterocycles. The zero-order valence-electron chi connectivity index (χ0n) is 24.6. The van der Waals surface area contributed by atoms with Crippen molar-refractivity contribution >= 4 is 52.1 Å². The molecule has 0 aliphatic rings. The van der Waals surface area contributed by atoms with Crippen LogP contribution in [0.15, 0.2) is 67.0 Å². The number of carboxylic acid groups (broad SMARTS) is 1. The standard InChI is InChI=1S/C32H42N4O4S2/c1-4-23(2)29(35-31(38)22-42-21-24-12-15-33-16-13-24)19-36(20-30(37)34-28(32(39)40)14-17-41-3)18-26-10-7-9-25-8-5-6-11-27(25)26/h5-13,15-16,23,28-29H,4,14,17-22H2,1-3H3,(H,34,37)(H,35,38)(H,39,40). The van der Waals surface area contributed by atoms with Gasteiger partial charge in [-0.15, -0.1) is 11.8 Å². The molecule has 3 aromatic rings. The minimum absolute atomic E-state index is 0.0197. The van der Waals surface area contributed by atoms with Gasteiger partial charge in [-0.05, 0) is 58.4 Å². The fourth-order valence-corrected chi connectivity index (χ4v) is 5.98. The van der Waals surface area contributed by atoms with E-state index in [0.717, 1.165) is 34.1 Å². The number of hydrogen-bond acceptors (Lipinski definition) is 7. The molecule has 2 aromatic carbocycles. The molecule has 0 fully saturated rings. The van der Waals surface area contributed by atoms with Gasteiger partial charge in [0.25, 0.3) is 0 Å². The van der Waals surface area contributed by atoms with Gasteiger partial charge < -0.3 is 15.7 Å². The van der Waals surface area contributed by atoms with Crippen LogP contribution in [0.4, 0.5) is 0 Å². The van der Waals surface area contributed by atoms with E-state index < -0.39 is 12.0 Å². The summed E-state index contributed by atoms with van der Waals surface area (Å²) in [6, 6.07) is 17.0. The van der Waals surface area contributed by atoms with Gasteiger partial charge in [-0.2, -0.15) is 11.8 Å². The molecule has 0 saturated heterocycles. The number of amides is 2. The molecule has 0 bridgehead atoms. The summed E-state index contributed by atoms with van der Waals surface area (Å²) in [5.74, 6) is 0.437. The molecule has 226 valence electrons. The van der Waals surface area contributed by atoms with E-state index in [2.05, 4.69) is 53.7 Å². The van der Waals surface area contributed by atoms with Crippen LogP contribution >= 0.6 is 23.5 Å². The van der Waals surface area contributed by atoms with Gasteiger partial charge in [-0.1, -0.05) is 62.7 Å². The Hall–Kier alpha value is -3.08. The van der Waals surface area contributed by atoms with Crippen molar-refractivity contribution in [1.82, 2.24) is 20.5 Å². The summed E-state index contributed by atoms with van der Waals surface area (Å²) in [4.78, 5) is 44.0. The second kappa shape index (κ2) is 17.8. The topological polar surface area (TPSA) is 112 Å². The minimum Gasteiger partial charge on any atom is -0.480 e. The number of aromatic nitrogens is 1. The molecule has 8 nitrogen and oxygen atoms in total. The molecule has 3 atom stereocenters. The Morgan fingerprint density at radius 1 is 1.00 bits per heavy atom. The normalized spacial score (nSPS) is 13.4. The molecule has 42 heavy (non-hydrogen) atoms. The molecule has 0 aliphatic heterocycles. The first kappa shape index (κ1) is 33.4. The summed E-state index contributed by atoms with van der Waals surface area (Å²) in [6.07, 6.45) is 6.62. The molecule has 10 heteroatoms. The van der Waals surface area contributed by atoms with E-state index in [-0.39, 0.29) is 30.3 Å². The van der Waals surface area contributed by atoms with Crippen LogP contribution in [0.1, 0.15) is 37.8 Å². The predicted octanol–water partition coefficient (Wildman–Crippen LogP) is 4.82. The van der Waals surface area contributed by atoms with Gasteiger partial charge in [0.2, 0.25) is 11.8 Å². The van der Waals surface area contributed by atoms with E-state index in [9.17, 15) is 19.5 Å². The summed E-state index contributed by atoms with van der Waals surface area (Å²) in [5, 5.41) is 17.8. The fraction of sp³-hybridized carbons (Fsp3) is 0.438. The number of hydrogen-bond donors (Lipinski definition) is 3. The van der Waals surface area contributed by atoms with Crippen LogP contribution in [0.3, 0.4) is 0 Å². The Bertz CT molecular complexity index is 1290. The van der Waals surface area contributed by atoms with Crippen LogP contribution in [-0.4, -0.2) is 75.7 Å². The van der Waals surface area contributed by atoms with Gasteiger partial charge in [-0.25, -0.2) is 4.79 Å². The van der Waals surface area contributed by atoms with Gasteiger partial charge in [0.15, 0.2) is 0 Å². The van der Waals surface area contributed by atoms with Gasteiger partial charge in [0.1, 0.15) is 6.04 Å². The Kier molecular flexibility index (Phi) is 14.1. The number of thioether (sulfide) groups is 2. The van der Waals surface area contributed by atoms with Crippen molar-refractivity contribution in [2.24, 2.45) is 5.92 Å². The third-order valence-corrected chi connectivity index (χ3v) is 8.92. The van der Waals surface area contributed by atoms with Crippen LogP contribution in [0.5, 0.6) is 0 Å². The molecule has 3 unspecified atom stereocenters. The SMILES string of the molecule is CCC(C)C(CN(CC(=O)NC(CCSC)C(=O)O)Cc1cccc2ccccc12)NC(=O)CSCc1ccncc1. The van der Waals surface area contributed by atoms with Crippen molar-refractivity contribution in [2.45, 2.75) is 51.1 Å². The van der Waals surface area contributed by atoms with Crippen LogP contribution in [0, 0.1) is 5.92 Å². The van der Waals surface area contributed by atoms with E-state index in [1.165, 1.54) is 0 Å². The number of rotatable bonds is 18. The summed E-state index contributed by atoms with van der Waals surface area (Å²) < 4.78 is 0. The number of carbonyl (C=O) groups is 3. The smallest absolute Gasteiger partial charge is 0.326 e. The van der Waals surface area contributed by atoms with Crippen molar-refractivity contribution in [3.63, 3.8) is 0 Å². The second-order valence-electron chi connectivity index (χ2n) is 10.5. The van der Waals surface area contributed by atoms with Gasteiger partial charge >= 0.3 is 5.97 Å². The molecular formula is C32H42N4O4S2.